The van der Waals surface area contributed by atoms with Gasteiger partial charge >= 0.3 is 11.9 Å². The van der Waals surface area contributed by atoms with Crippen LogP contribution in [0, 0.1) is 34.5 Å². The molecule has 7 atom stereocenters. The highest BCUT2D eigenvalue weighted by Gasteiger charge is 2.63. The minimum Gasteiger partial charge on any atom is -0.469 e. The lowest BCUT2D eigenvalue weighted by molar-refractivity contribution is -0.179. The van der Waals surface area contributed by atoms with Gasteiger partial charge in [-0.05, 0) is 43.4 Å². The average molecular weight is 362 g/mol. The summed E-state index contributed by atoms with van der Waals surface area (Å²) in [6.45, 7) is 7.57. The number of carbonyl (C=O) groups is 3. The molecule has 3 rings (SSSR count). The predicted octanol–water partition coefficient (Wildman–Crippen LogP) is 3.31. The number of Topliss-reactive ketones (excluding diaryl/α,β-unsaturated/α-hetero) is 1. The number of rotatable bonds is 2. The highest BCUT2D eigenvalue weighted by atomic mass is 16.5. The fraction of sp³-hybridized carbons (Fsp3) is 0.762. The number of fused-ring (bicyclic) bond motifs is 3. The zero-order valence-corrected chi connectivity index (χ0v) is 16.4. The van der Waals surface area contributed by atoms with Crippen LogP contribution >= 0.6 is 0 Å². The maximum atomic E-state index is 13.3. The van der Waals surface area contributed by atoms with Crippen LogP contribution in [-0.4, -0.2) is 30.9 Å². The largest absolute Gasteiger partial charge is 0.469 e. The molecule has 26 heavy (non-hydrogen) atoms. The summed E-state index contributed by atoms with van der Waals surface area (Å²) in [4.78, 5) is 37.4. The summed E-state index contributed by atoms with van der Waals surface area (Å²) in [5.41, 5.74) is -1.26. The third-order valence-electron chi connectivity index (χ3n) is 7.09. The molecule has 5 nitrogen and oxygen atoms in total. The second-order valence-electron chi connectivity index (χ2n) is 8.98. The molecule has 0 aromatic rings. The Morgan fingerprint density at radius 2 is 1.92 bits per heavy atom. The van der Waals surface area contributed by atoms with Crippen LogP contribution in [0.3, 0.4) is 0 Å². The van der Waals surface area contributed by atoms with Crippen molar-refractivity contribution < 1.29 is 23.9 Å². The summed E-state index contributed by atoms with van der Waals surface area (Å²) in [6.07, 6.45) is 6.62. The van der Waals surface area contributed by atoms with Crippen molar-refractivity contribution in [1.82, 2.24) is 0 Å². The summed E-state index contributed by atoms with van der Waals surface area (Å²) < 4.78 is 10.7. The summed E-state index contributed by atoms with van der Waals surface area (Å²) in [6, 6.07) is 0. The van der Waals surface area contributed by atoms with Crippen LogP contribution in [0.25, 0.3) is 0 Å². The van der Waals surface area contributed by atoms with Gasteiger partial charge in [0.2, 0.25) is 0 Å². The molecule has 2 saturated carbocycles. The van der Waals surface area contributed by atoms with E-state index in [-0.39, 0.29) is 35.7 Å². The van der Waals surface area contributed by atoms with Crippen LogP contribution in [0.2, 0.25) is 0 Å². The van der Waals surface area contributed by atoms with Gasteiger partial charge in [0, 0.05) is 25.2 Å². The fourth-order valence-corrected chi connectivity index (χ4v) is 6.16. The number of ketones is 1. The third-order valence-corrected chi connectivity index (χ3v) is 7.09. The van der Waals surface area contributed by atoms with Gasteiger partial charge in [0.05, 0.1) is 12.5 Å². The van der Waals surface area contributed by atoms with Gasteiger partial charge in [-0.1, -0.05) is 26.0 Å². The van der Waals surface area contributed by atoms with Crippen LogP contribution < -0.4 is 0 Å². The molecular formula is C21H30O5. The van der Waals surface area contributed by atoms with E-state index in [0.717, 1.165) is 12.8 Å². The molecule has 0 aliphatic heterocycles. The second kappa shape index (κ2) is 6.50. The molecule has 0 aromatic heterocycles. The van der Waals surface area contributed by atoms with Crippen molar-refractivity contribution in [2.45, 2.75) is 59.5 Å². The van der Waals surface area contributed by atoms with Crippen LogP contribution in [0.4, 0.5) is 0 Å². The summed E-state index contributed by atoms with van der Waals surface area (Å²) in [5, 5.41) is 0. The van der Waals surface area contributed by atoms with Crippen LogP contribution in [0.15, 0.2) is 12.2 Å². The van der Waals surface area contributed by atoms with Gasteiger partial charge in [-0.15, -0.1) is 0 Å². The van der Waals surface area contributed by atoms with Gasteiger partial charge in [0.1, 0.15) is 11.9 Å². The maximum absolute atomic E-state index is 13.3. The van der Waals surface area contributed by atoms with Crippen molar-refractivity contribution >= 4 is 17.7 Å². The monoisotopic (exact) mass is 362 g/mol. The molecule has 3 aliphatic carbocycles. The van der Waals surface area contributed by atoms with E-state index < -0.39 is 16.7 Å². The zero-order chi connectivity index (χ0) is 19.3. The standard InChI is InChI=1S/C21H30O5/c1-12-9-15-14(17(10-12)26-13(2)22)11-16(23)18-20(15,3)7-6-8-21(18,4)19(24)25-5/h6-7,12,14-15,17-18H,8-11H2,1-5H3/t12-,14+,15-,17-,18+,20+,21-/m1/s1. The van der Waals surface area contributed by atoms with Crippen LogP contribution in [0.5, 0.6) is 0 Å². The Labute approximate surface area is 155 Å². The SMILES string of the molecule is COC(=O)[C@]1(C)CC=C[C@@]2(C)[C@@H]3C[C@@H](C)C[C@@H](OC(C)=O)[C@H]3CC(=O)[C@@H]21. The first kappa shape index (κ1) is 19.1. The van der Waals surface area contributed by atoms with E-state index in [0.29, 0.717) is 18.8 Å². The number of hydrogen-bond donors (Lipinski definition) is 0. The molecule has 144 valence electrons. The summed E-state index contributed by atoms with van der Waals surface area (Å²) >= 11 is 0. The molecule has 3 aliphatic rings. The van der Waals surface area contributed by atoms with Gasteiger partial charge < -0.3 is 9.47 Å². The lowest BCUT2D eigenvalue weighted by atomic mass is 9.45. The highest BCUT2D eigenvalue weighted by Crippen LogP contribution is 2.61. The summed E-state index contributed by atoms with van der Waals surface area (Å²) in [5.74, 6) is -0.264. The molecule has 0 heterocycles. The minimum absolute atomic E-state index is 0.0218. The topological polar surface area (TPSA) is 69.7 Å². The number of ether oxygens (including phenoxy) is 2. The Kier molecular flexibility index (Phi) is 4.78. The molecule has 0 amide bonds. The molecule has 2 fully saturated rings. The van der Waals surface area contributed by atoms with Crippen molar-refractivity contribution in [2.75, 3.05) is 7.11 Å². The van der Waals surface area contributed by atoms with Crippen molar-refractivity contribution in [3.8, 4) is 0 Å². The van der Waals surface area contributed by atoms with Gasteiger partial charge in [-0.3, -0.25) is 14.4 Å². The van der Waals surface area contributed by atoms with Gasteiger partial charge in [-0.2, -0.15) is 0 Å². The quantitative estimate of drug-likeness (QED) is 0.557. The van der Waals surface area contributed by atoms with E-state index in [4.69, 9.17) is 9.47 Å². The molecule has 5 heteroatoms. The molecular weight excluding hydrogens is 332 g/mol. The molecule has 0 N–H and O–H groups in total. The summed E-state index contributed by atoms with van der Waals surface area (Å²) in [7, 11) is 1.39. The van der Waals surface area contributed by atoms with Gasteiger partial charge in [0.25, 0.3) is 0 Å². The Hall–Kier alpha value is -1.65. The van der Waals surface area contributed by atoms with Gasteiger partial charge in [-0.25, -0.2) is 0 Å². The molecule has 0 saturated heterocycles. The van der Waals surface area contributed by atoms with E-state index in [1.54, 1.807) is 0 Å². The molecule has 0 unspecified atom stereocenters. The van der Waals surface area contributed by atoms with Crippen molar-refractivity contribution in [1.29, 1.82) is 0 Å². The maximum Gasteiger partial charge on any atom is 0.312 e. The third kappa shape index (κ3) is 2.80. The first-order valence-electron chi connectivity index (χ1n) is 9.59. The average Bonchev–Trinajstić information content (AvgIpc) is 2.54. The molecule has 0 aromatic carbocycles. The van der Waals surface area contributed by atoms with Crippen molar-refractivity contribution in [3.63, 3.8) is 0 Å². The molecule has 0 spiro atoms. The Morgan fingerprint density at radius 3 is 2.54 bits per heavy atom. The van der Waals surface area contributed by atoms with Crippen LogP contribution in [0.1, 0.15) is 53.4 Å². The van der Waals surface area contributed by atoms with E-state index in [9.17, 15) is 14.4 Å². The lowest BCUT2D eigenvalue weighted by Gasteiger charge is -2.58. The Balaban J connectivity index is 2.04. The Morgan fingerprint density at radius 1 is 1.23 bits per heavy atom. The normalized spacial score (nSPS) is 44.7. The van der Waals surface area contributed by atoms with E-state index >= 15 is 0 Å². The molecule has 0 radical (unpaired) electrons. The lowest BCUT2D eigenvalue weighted by Crippen LogP contribution is -2.60. The first-order chi connectivity index (χ1) is 12.1. The first-order valence-corrected chi connectivity index (χ1v) is 9.59. The number of methoxy groups -OCH3 is 1. The number of hydrogen-bond acceptors (Lipinski definition) is 5. The van der Waals surface area contributed by atoms with E-state index in [2.05, 4.69) is 19.9 Å². The van der Waals surface area contributed by atoms with Gasteiger partial charge in [0.15, 0.2) is 0 Å². The van der Waals surface area contributed by atoms with E-state index in [1.807, 2.05) is 13.0 Å². The van der Waals surface area contributed by atoms with E-state index in [1.165, 1.54) is 14.0 Å². The minimum atomic E-state index is -0.835. The van der Waals surface area contributed by atoms with Crippen molar-refractivity contribution in [3.05, 3.63) is 12.2 Å². The zero-order valence-electron chi connectivity index (χ0n) is 16.4. The number of carbonyl (C=O) groups excluding carboxylic acids is 3. The second-order valence-corrected chi connectivity index (χ2v) is 8.98. The number of allylic oxidation sites excluding steroid dienone is 2. The number of esters is 2. The smallest absolute Gasteiger partial charge is 0.312 e. The highest BCUT2D eigenvalue weighted by molar-refractivity contribution is 5.91. The van der Waals surface area contributed by atoms with Crippen molar-refractivity contribution in [2.24, 2.45) is 34.5 Å². The Bertz CT molecular complexity index is 653. The molecule has 0 bridgehead atoms. The fourth-order valence-electron chi connectivity index (χ4n) is 6.16. The van der Waals surface area contributed by atoms with Crippen LogP contribution in [-0.2, 0) is 23.9 Å². The predicted molar refractivity (Wildman–Crippen MR) is 96.0 cm³/mol.